The van der Waals surface area contributed by atoms with Crippen LogP contribution in [0.3, 0.4) is 0 Å². The summed E-state index contributed by atoms with van der Waals surface area (Å²) in [5.41, 5.74) is 6.40. The van der Waals surface area contributed by atoms with E-state index in [0.29, 0.717) is 0 Å². The second-order valence-electron chi connectivity index (χ2n) is 3.26. The molecule has 0 aliphatic heterocycles. The third kappa shape index (κ3) is 2.85. The first-order valence-electron chi connectivity index (χ1n) is 4.55. The van der Waals surface area contributed by atoms with E-state index in [1.807, 2.05) is 30.3 Å². The van der Waals surface area contributed by atoms with E-state index in [4.69, 9.17) is 5.73 Å². The SMILES string of the molecule is [CH2][C@H](NC(=O)[C@@H](C)N)c1ccccc1. The number of nitrogens with two attached hydrogens (primary N) is 1. The van der Waals surface area contributed by atoms with Crippen molar-refractivity contribution in [1.29, 1.82) is 0 Å². The van der Waals surface area contributed by atoms with Crippen LogP contribution in [-0.4, -0.2) is 11.9 Å². The summed E-state index contributed by atoms with van der Waals surface area (Å²) < 4.78 is 0. The summed E-state index contributed by atoms with van der Waals surface area (Å²) in [6, 6.07) is 8.83. The topological polar surface area (TPSA) is 55.1 Å². The Bertz CT molecular complexity index is 295. The van der Waals surface area contributed by atoms with Crippen molar-refractivity contribution in [3.05, 3.63) is 42.8 Å². The fraction of sp³-hybridized carbons (Fsp3) is 0.273. The van der Waals surface area contributed by atoms with Gasteiger partial charge in [-0.15, -0.1) is 0 Å². The van der Waals surface area contributed by atoms with Gasteiger partial charge < -0.3 is 11.1 Å². The number of nitrogens with one attached hydrogen (secondary N) is 1. The first kappa shape index (κ1) is 10.7. The maximum atomic E-state index is 11.3. The minimum absolute atomic E-state index is 0.186. The highest BCUT2D eigenvalue weighted by Gasteiger charge is 2.11. The summed E-state index contributed by atoms with van der Waals surface area (Å²) >= 11 is 0. The molecule has 1 aromatic rings. The summed E-state index contributed by atoms with van der Waals surface area (Å²) in [4.78, 5) is 11.3. The molecule has 0 aliphatic rings. The van der Waals surface area contributed by atoms with Crippen molar-refractivity contribution < 1.29 is 4.79 Å². The van der Waals surface area contributed by atoms with Gasteiger partial charge in [0, 0.05) is 0 Å². The maximum absolute atomic E-state index is 11.3. The van der Waals surface area contributed by atoms with Crippen LogP contribution in [0.25, 0.3) is 0 Å². The number of carbonyl (C=O) groups is 1. The molecule has 0 unspecified atom stereocenters. The maximum Gasteiger partial charge on any atom is 0.237 e. The molecule has 0 spiro atoms. The smallest absolute Gasteiger partial charge is 0.237 e. The minimum atomic E-state index is -0.497. The molecule has 0 fully saturated rings. The van der Waals surface area contributed by atoms with Gasteiger partial charge in [0.15, 0.2) is 0 Å². The van der Waals surface area contributed by atoms with Gasteiger partial charge in [0.05, 0.1) is 12.1 Å². The fourth-order valence-corrected chi connectivity index (χ4v) is 1.07. The molecule has 3 nitrogen and oxygen atoms in total. The normalized spacial score (nSPS) is 14.5. The molecule has 1 aromatic carbocycles. The average Bonchev–Trinajstić information content (AvgIpc) is 2.19. The number of carbonyl (C=O) groups excluding carboxylic acids is 1. The molecule has 0 bridgehead atoms. The molecule has 0 aromatic heterocycles. The molecule has 0 saturated heterocycles. The Hall–Kier alpha value is -1.35. The third-order valence-corrected chi connectivity index (χ3v) is 1.93. The van der Waals surface area contributed by atoms with Gasteiger partial charge >= 0.3 is 0 Å². The molecule has 2 atom stereocenters. The van der Waals surface area contributed by atoms with Gasteiger partial charge in [0.1, 0.15) is 0 Å². The van der Waals surface area contributed by atoms with Gasteiger partial charge in [-0.1, -0.05) is 30.3 Å². The molecule has 75 valence electrons. The Kier molecular flexibility index (Phi) is 3.65. The van der Waals surface area contributed by atoms with Crippen molar-refractivity contribution in [2.45, 2.75) is 19.0 Å². The molecule has 3 N–H and O–H groups in total. The summed E-state index contributed by atoms with van der Waals surface area (Å²) in [5, 5.41) is 2.72. The van der Waals surface area contributed by atoms with Crippen molar-refractivity contribution in [1.82, 2.24) is 5.32 Å². The van der Waals surface area contributed by atoms with Crippen molar-refractivity contribution in [2.24, 2.45) is 5.73 Å². The molecule has 1 amide bonds. The predicted octanol–water partition coefficient (Wildman–Crippen LogP) is 1.03. The van der Waals surface area contributed by atoms with E-state index >= 15 is 0 Å². The Morgan fingerprint density at radius 3 is 2.50 bits per heavy atom. The third-order valence-electron chi connectivity index (χ3n) is 1.93. The molecule has 14 heavy (non-hydrogen) atoms. The van der Waals surface area contributed by atoms with E-state index < -0.39 is 6.04 Å². The fourth-order valence-electron chi connectivity index (χ4n) is 1.07. The molecular formula is C11H15N2O. The van der Waals surface area contributed by atoms with Crippen LogP contribution in [0, 0.1) is 6.92 Å². The van der Waals surface area contributed by atoms with E-state index in [2.05, 4.69) is 12.2 Å². The molecular weight excluding hydrogens is 176 g/mol. The highest BCUT2D eigenvalue weighted by Crippen LogP contribution is 2.10. The van der Waals surface area contributed by atoms with Crippen LogP contribution >= 0.6 is 0 Å². The zero-order valence-electron chi connectivity index (χ0n) is 8.23. The number of amides is 1. The van der Waals surface area contributed by atoms with Crippen molar-refractivity contribution in [3.63, 3.8) is 0 Å². The van der Waals surface area contributed by atoms with E-state index in [1.165, 1.54) is 0 Å². The van der Waals surface area contributed by atoms with Gasteiger partial charge in [0.25, 0.3) is 0 Å². The Balaban J connectivity index is 2.59. The van der Waals surface area contributed by atoms with Gasteiger partial charge in [-0.25, -0.2) is 0 Å². The standard InChI is InChI=1S/C11H15N2O/c1-8(12)11(14)13-9(2)10-6-4-3-5-7-10/h3-9H,2,12H2,1H3,(H,13,14)/t8-,9+/m1/s1. The van der Waals surface area contributed by atoms with Crippen LogP contribution < -0.4 is 11.1 Å². The highest BCUT2D eigenvalue weighted by atomic mass is 16.2. The number of rotatable bonds is 3. The zero-order valence-corrected chi connectivity index (χ0v) is 8.23. The van der Waals surface area contributed by atoms with E-state index in [0.717, 1.165) is 5.56 Å². The number of hydrogen-bond acceptors (Lipinski definition) is 2. The summed E-state index contributed by atoms with van der Waals surface area (Å²) in [5.74, 6) is -0.186. The van der Waals surface area contributed by atoms with Crippen molar-refractivity contribution >= 4 is 5.91 Å². The summed E-state index contributed by atoms with van der Waals surface area (Å²) in [7, 11) is 0. The van der Waals surface area contributed by atoms with E-state index in [1.54, 1.807) is 6.92 Å². The lowest BCUT2D eigenvalue weighted by atomic mass is 10.1. The minimum Gasteiger partial charge on any atom is -0.348 e. The highest BCUT2D eigenvalue weighted by molar-refractivity contribution is 5.81. The Morgan fingerprint density at radius 2 is 2.00 bits per heavy atom. The van der Waals surface area contributed by atoms with Crippen LogP contribution in [0.5, 0.6) is 0 Å². The second kappa shape index (κ2) is 4.77. The van der Waals surface area contributed by atoms with Crippen molar-refractivity contribution in [2.75, 3.05) is 0 Å². The van der Waals surface area contributed by atoms with E-state index in [-0.39, 0.29) is 11.9 Å². The van der Waals surface area contributed by atoms with Crippen LogP contribution in [-0.2, 0) is 4.79 Å². The first-order chi connectivity index (χ1) is 6.61. The molecule has 0 aliphatic carbocycles. The van der Waals surface area contributed by atoms with Gasteiger partial charge in [-0.2, -0.15) is 0 Å². The predicted molar refractivity (Wildman–Crippen MR) is 56.3 cm³/mol. The molecule has 0 saturated carbocycles. The van der Waals surface area contributed by atoms with Gasteiger partial charge in [0.2, 0.25) is 5.91 Å². The number of hydrogen-bond donors (Lipinski definition) is 2. The molecule has 3 heteroatoms. The van der Waals surface area contributed by atoms with Gasteiger partial charge in [-0.05, 0) is 19.4 Å². The molecule has 0 heterocycles. The largest absolute Gasteiger partial charge is 0.348 e. The van der Waals surface area contributed by atoms with Crippen LogP contribution in [0.4, 0.5) is 0 Å². The quantitative estimate of drug-likeness (QED) is 0.749. The lowest BCUT2D eigenvalue weighted by Gasteiger charge is -2.15. The second-order valence-corrected chi connectivity index (χ2v) is 3.26. The van der Waals surface area contributed by atoms with Gasteiger partial charge in [-0.3, -0.25) is 4.79 Å². The lowest BCUT2D eigenvalue weighted by Crippen LogP contribution is -2.39. The lowest BCUT2D eigenvalue weighted by molar-refractivity contribution is -0.122. The average molecular weight is 191 g/mol. The number of benzene rings is 1. The summed E-state index contributed by atoms with van der Waals surface area (Å²) in [6.45, 7) is 5.49. The van der Waals surface area contributed by atoms with Crippen LogP contribution in [0.15, 0.2) is 30.3 Å². The summed E-state index contributed by atoms with van der Waals surface area (Å²) in [6.07, 6.45) is 0. The molecule has 1 rings (SSSR count). The molecule has 1 radical (unpaired) electrons. The van der Waals surface area contributed by atoms with E-state index in [9.17, 15) is 4.79 Å². The Morgan fingerprint density at radius 1 is 1.43 bits per heavy atom. The first-order valence-corrected chi connectivity index (χ1v) is 4.55. The van der Waals surface area contributed by atoms with Crippen LogP contribution in [0.1, 0.15) is 18.5 Å². The van der Waals surface area contributed by atoms with Crippen LogP contribution in [0.2, 0.25) is 0 Å². The zero-order chi connectivity index (χ0) is 10.6. The Labute approximate surface area is 84.3 Å². The monoisotopic (exact) mass is 191 g/mol. The van der Waals surface area contributed by atoms with Crippen molar-refractivity contribution in [3.8, 4) is 0 Å².